The van der Waals surface area contributed by atoms with Crippen molar-refractivity contribution in [2.24, 2.45) is 0 Å². The van der Waals surface area contributed by atoms with Crippen LogP contribution in [-0.4, -0.2) is 78.7 Å². The van der Waals surface area contributed by atoms with Crippen LogP contribution in [0.15, 0.2) is 28.7 Å². The molecule has 13 heteroatoms. The third kappa shape index (κ3) is 7.23. The van der Waals surface area contributed by atoms with E-state index in [4.69, 9.17) is 0 Å². The second-order valence-electron chi connectivity index (χ2n) is 7.81. The third-order valence-electron chi connectivity index (χ3n) is 4.94. The highest BCUT2D eigenvalue weighted by Crippen LogP contribution is 2.24. The van der Waals surface area contributed by atoms with Gasteiger partial charge in [-0.3, -0.25) is 19.2 Å². The maximum Gasteiger partial charge on any atom is 0.313 e. The molecule has 1 aromatic carbocycles. The average molecular weight is 574 g/mol. The minimum absolute atomic E-state index is 0. The molecule has 0 aliphatic carbocycles. The molecular formula is C21H26BrClN6O4S. The van der Waals surface area contributed by atoms with Gasteiger partial charge in [-0.2, -0.15) is 0 Å². The highest BCUT2D eigenvalue weighted by atomic mass is 79.9. The number of carbonyl (C=O) groups is 4. The van der Waals surface area contributed by atoms with Crippen molar-refractivity contribution in [3.8, 4) is 0 Å². The van der Waals surface area contributed by atoms with E-state index in [1.165, 1.54) is 16.2 Å². The van der Waals surface area contributed by atoms with Crippen LogP contribution in [0.2, 0.25) is 0 Å². The van der Waals surface area contributed by atoms with Crippen molar-refractivity contribution in [1.82, 2.24) is 25.4 Å². The number of benzene rings is 1. The maximum absolute atomic E-state index is 12.8. The SMILES string of the molecule is CN1CCc2nc(C(=O)N[C@@H](CNC(=O)C(=O)Nc3ccc(Br)cc3)C(=O)N(C)C)sc2C1.Cl. The number of thiazole rings is 1. The number of halogens is 2. The lowest BCUT2D eigenvalue weighted by molar-refractivity contribution is -0.136. The molecule has 2 aromatic rings. The topological polar surface area (TPSA) is 124 Å². The molecule has 34 heavy (non-hydrogen) atoms. The van der Waals surface area contributed by atoms with Crippen molar-refractivity contribution in [2.45, 2.75) is 19.0 Å². The first-order valence-electron chi connectivity index (χ1n) is 10.2. The molecule has 4 amide bonds. The zero-order valence-electron chi connectivity index (χ0n) is 18.9. The molecule has 2 heterocycles. The summed E-state index contributed by atoms with van der Waals surface area (Å²) in [4.78, 5) is 58.7. The Kier molecular flexibility index (Phi) is 9.98. The van der Waals surface area contributed by atoms with E-state index in [-0.39, 0.29) is 24.0 Å². The number of amides is 4. The summed E-state index contributed by atoms with van der Waals surface area (Å²) in [6.45, 7) is 1.35. The van der Waals surface area contributed by atoms with Gasteiger partial charge in [0, 0.05) is 55.2 Å². The van der Waals surface area contributed by atoms with Crippen LogP contribution < -0.4 is 16.0 Å². The summed E-state index contributed by atoms with van der Waals surface area (Å²) in [7, 11) is 5.09. The molecule has 184 valence electrons. The van der Waals surface area contributed by atoms with E-state index >= 15 is 0 Å². The normalized spacial score (nSPS) is 13.6. The van der Waals surface area contributed by atoms with Crippen molar-refractivity contribution in [1.29, 1.82) is 0 Å². The van der Waals surface area contributed by atoms with Crippen LogP contribution in [0.3, 0.4) is 0 Å². The lowest BCUT2D eigenvalue weighted by Gasteiger charge is -2.21. The molecule has 10 nitrogen and oxygen atoms in total. The molecule has 0 saturated heterocycles. The Hall–Kier alpha value is -2.54. The summed E-state index contributed by atoms with van der Waals surface area (Å²) in [5, 5.41) is 7.80. The van der Waals surface area contributed by atoms with Crippen molar-refractivity contribution in [2.75, 3.05) is 39.5 Å². The fourth-order valence-electron chi connectivity index (χ4n) is 3.15. The van der Waals surface area contributed by atoms with E-state index in [9.17, 15) is 19.2 Å². The molecule has 0 unspecified atom stereocenters. The summed E-state index contributed by atoms with van der Waals surface area (Å²) in [6, 6.07) is 5.67. The number of hydrogen-bond acceptors (Lipinski definition) is 7. The molecule has 1 atom stereocenters. The first-order chi connectivity index (χ1) is 15.6. The molecular weight excluding hydrogens is 548 g/mol. The van der Waals surface area contributed by atoms with Crippen molar-refractivity contribution in [3.05, 3.63) is 44.3 Å². The number of fused-ring (bicyclic) bond motifs is 1. The second kappa shape index (κ2) is 12.2. The van der Waals surface area contributed by atoms with Crippen LogP contribution in [0.25, 0.3) is 0 Å². The number of hydrogen-bond donors (Lipinski definition) is 3. The predicted molar refractivity (Wildman–Crippen MR) is 135 cm³/mol. The number of likely N-dealkylation sites (N-methyl/N-ethyl adjacent to an activating group) is 2. The van der Waals surface area contributed by atoms with Gasteiger partial charge in [0.2, 0.25) is 5.91 Å². The standard InChI is InChI=1S/C21H25BrN6O4S.ClH/c1-27(2)21(32)15(10-23-17(29)18(30)24-13-6-4-12(22)5-7-13)25-19(31)20-26-14-8-9-28(3)11-16(14)33-20;/h4-7,15H,8-11H2,1-3H3,(H,23,29)(H,24,30)(H,25,31);1H/t15-;/m0./s1. The molecule has 0 radical (unpaired) electrons. The summed E-state index contributed by atoms with van der Waals surface area (Å²) >= 11 is 4.59. The predicted octanol–water partition coefficient (Wildman–Crippen LogP) is 1.26. The zero-order valence-corrected chi connectivity index (χ0v) is 22.1. The fourth-order valence-corrected chi connectivity index (χ4v) is 4.50. The van der Waals surface area contributed by atoms with Gasteiger partial charge < -0.3 is 25.8 Å². The molecule has 3 N–H and O–H groups in total. The Labute approximate surface area is 216 Å². The minimum Gasteiger partial charge on any atom is -0.347 e. The van der Waals surface area contributed by atoms with Gasteiger partial charge in [-0.1, -0.05) is 15.9 Å². The smallest absolute Gasteiger partial charge is 0.313 e. The lowest BCUT2D eigenvalue weighted by atomic mass is 10.2. The largest absolute Gasteiger partial charge is 0.347 e. The Bertz CT molecular complexity index is 1060. The second-order valence-corrected chi connectivity index (χ2v) is 9.81. The monoisotopic (exact) mass is 572 g/mol. The summed E-state index contributed by atoms with van der Waals surface area (Å²) in [6.07, 6.45) is 0.763. The zero-order chi connectivity index (χ0) is 24.1. The molecule has 1 aliphatic heterocycles. The van der Waals surface area contributed by atoms with E-state index < -0.39 is 29.7 Å². The molecule has 1 aromatic heterocycles. The summed E-state index contributed by atoms with van der Waals surface area (Å²) in [5.74, 6) is -2.71. The van der Waals surface area contributed by atoms with Gasteiger partial charge in [-0.15, -0.1) is 23.7 Å². The molecule has 0 saturated carbocycles. The van der Waals surface area contributed by atoms with Gasteiger partial charge in [0.25, 0.3) is 5.91 Å². The Morgan fingerprint density at radius 2 is 1.85 bits per heavy atom. The lowest BCUT2D eigenvalue weighted by Crippen LogP contribution is -2.53. The van der Waals surface area contributed by atoms with Gasteiger partial charge in [-0.05, 0) is 31.3 Å². The Balaban J connectivity index is 0.00000408. The number of nitrogens with one attached hydrogen (secondary N) is 3. The molecule has 0 fully saturated rings. The number of carbonyl (C=O) groups excluding carboxylic acids is 4. The number of anilines is 1. The first kappa shape index (κ1) is 27.7. The van der Waals surface area contributed by atoms with Gasteiger partial charge in [0.1, 0.15) is 6.04 Å². The maximum atomic E-state index is 12.8. The van der Waals surface area contributed by atoms with Gasteiger partial charge in [-0.25, -0.2) is 4.98 Å². The quantitative estimate of drug-likeness (QED) is 0.447. The minimum atomic E-state index is -1.06. The summed E-state index contributed by atoms with van der Waals surface area (Å²) < 4.78 is 0.832. The van der Waals surface area contributed by atoms with Crippen LogP contribution >= 0.6 is 39.7 Å². The van der Waals surface area contributed by atoms with E-state index in [0.717, 1.165) is 34.6 Å². The summed E-state index contributed by atoms with van der Waals surface area (Å²) in [5.41, 5.74) is 1.35. The first-order valence-corrected chi connectivity index (χ1v) is 11.8. The highest BCUT2D eigenvalue weighted by Gasteiger charge is 2.27. The van der Waals surface area contributed by atoms with Crippen LogP contribution in [0.5, 0.6) is 0 Å². The van der Waals surface area contributed by atoms with Gasteiger partial charge in [0.05, 0.1) is 5.69 Å². The highest BCUT2D eigenvalue weighted by molar-refractivity contribution is 9.10. The molecule has 0 spiro atoms. The van der Waals surface area contributed by atoms with E-state index in [1.807, 2.05) is 7.05 Å². The molecule has 0 bridgehead atoms. The fraction of sp³-hybridized carbons (Fsp3) is 0.381. The molecule has 3 rings (SSSR count). The van der Waals surface area contributed by atoms with E-state index in [2.05, 4.69) is 41.8 Å². The van der Waals surface area contributed by atoms with E-state index in [0.29, 0.717) is 5.69 Å². The average Bonchev–Trinajstić information content (AvgIpc) is 3.20. The Morgan fingerprint density at radius 1 is 1.18 bits per heavy atom. The van der Waals surface area contributed by atoms with Crippen LogP contribution in [-0.2, 0) is 27.3 Å². The van der Waals surface area contributed by atoms with Crippen LogP contribution in [0.1, 0.15) is 20.4 Å². The van der Waals surface area contributed by atoms with Crippen LogP contribution in [0.4, 0.5) is 5.69 Å². The van der Waals surface area contributed by atoms with E-state index in [1.54, 1.807) is 38.4 Å². The number of nitrogens with zero attached hydrogens (tertiary/aromatic N) is 3. The van der Waals surface area contributed by atoms with Crippen molar-refractivity contribution >= 4 is 69.0 Å². The molecule has 1 aliphatic rings. The Morgan fingerprint density at radius 3 is 2.50 bits per heavy atom. The number of rotatable bonds is 6. The third-order valence-corrected chi connectivity index (χ3v) is 6.55. The van der Waals surface area contributed by atoms with Crippen molar-refractivity contribution < 1.29 is 19.2 Å². The van der Waals surface area contributed by atoms with Crippen molar-refractivity contribution in [3.63, 3.8) is 0 Å². The van der Waals surface area contributed by atoms with Gasteiger partial charge in [0.15, 0.2) is 5.01 Å². The number of aromatic nitrogens is 1. The van der Waals surface area contributed by atoms with Gasteiger partial charge >= 0.3 is 11.8 Å². The van der Waals surface area contributed by atoms with Crippen LogP contribution in [0, 0.1) is 0 Å².